The molecule has 1 atom stereocenters. The Balaban J connectivity index is 2.84. The van der Waals surface area contributed by atoms with Crippen LogP contribution in [-0.4, -0.2) is 49.5 Å². The Hall–Kier alpha value is -1.59. The van der Waals surface area contributed by atoms with Crippen LogP contribution in [0.15, 0.2) is 29.4 Å². The third kappa shape index (κ3) is 4.89. The summed E-state index contributed by atoms with van der Waals surface area (Å²) in [7, 11) is 5.16. The fourth-order valence-corrected chi connectivity index (χ4v) is 1.72. The average molecular weight is 266 g/mol. The van der Waals surface area contributed by atoms with Crippen LogP contribution in [0.2, 0.25) is 0 Å². The molecule has 0 fully saturated rings. The van der Waals surface area contributed by atoms with E-state index < -0.39 is 6.10 Å². The van der Waals surface area contributed by atoms with Crippen molar-refractivity contribution in [2.75, 3.05) is 27.7 Å². The zero-order valence-corrected chi connectivity index (χ0v) is 12.0. The zero-order chi connectivity index (χ0) is 14.5. The van der Waals surface area contributed by atoms with Gasteiger partial charge in [-0.15, -0.1) is 0 Å². The van der Waals surface area contributed by atoms with Crippen LogP contribution in [0.4, 0.5) is 0 Å². The standard InChI is InChI=1S/C14H22N2O3/c1-5-12(17)10-16(2,3)15-14(18)11-6-8-13(19-4)9-7-11/h6-9,12,17H,5,10H2,1-4H3. The van der Waals surface area contributed by atoms with E-state index in [-0.39, 0.29) is 10.5 Å². The number of ether oxygens (including phenoxy) is 1. The van der Waals surface area contributed by atoms with Crippen molar-refractivity contribution in [3.8, 4) is 5.75 Å². The van der Waals surface area contributed by atoms with E-state index in [1.807, 2.05) is 6.92 Å². The fourth-order valence-electron chi connectivity index (χ4n) is 1.72. The van der Waals surface area contributed by atoms with E-state index in [2.05, 4.69) is 5.10 Å². The Morgan fingerprint density at radius 1 is 1.37 bits per heavy atom. The highest BCUT2D eigenvalue weighted by atomic mass is 16.5. The number of methoxy groups -OCH3 is 1. The van der Waals surface area contributed by atoms with Crippen LogP contribution >= 0.6 is 0 Å². The summed E-state index contributed by atoms with van der Waals surface area (Å²) in [5.74, 6) is 0.405. The molecule has 0 aliphatic rings. The maximum absolute atomic E-state index is 12.0. The summed E-state index contributed by atoms with van der Waals surface area (Å²) in [6.07, 6.45) is 0.191. The first-order valence-electron chi connectivity index (χ1n) is 6.30. The summed E-state index contributed by atoms with van der Waals surface area (Å²) >= 11 is 0. The average Bonchev–Trinajstić information content (AvgIpc) is 2.37. The summed E-state index contributed by atoms with van der Waals surface area (Å²) in [5.41, 5.74) is 0.512. The molecule has 5 nitrogen and oxygen atoms in total. The number of quaternary nitrogens is 1. The quantitative estimate of drug-likeness (QED) is 0.354. The second-order valence-electron chi connectivity index (χ2n) is 5.00. The lowest BCUT2D eigenvalue weighted by molar-refractivity contribution is -0.901. The van der Waals surface area contributed by atoms with Gasteiger partial charge < -0.3 is 14.9 Å². The van der Waals surface area contributed by atoms with Crippen LogP contribution in [0.25, 0.3) is 0 Å². The third-order valence-corrected chi connectivity index (χ3v) is 2.83. The molecule has 0 heterocycles. The highest BCUT2D eigenvalue weighted by molar-refractivity contribution is 5.90. The Morgan fingerprint density at radius 2 is 1.95 bits per heavy atom. The van der Waals surface area contributed by atoms with E-state index in [1.165, 1.54) is 0 Å². The van der Waals surface area contributed by atoms with Crippen molar-refractivity contribution in [1.29, 1.82) is 0 Å². The predicted molar refractivity (Wildman–Crippen MR) is 72.8 cm³/mol. The minimum atomic E-state index is -0.456. The van der Waals surface area contributed by atoms with Crippen LogP contribution in [0.3, 0.4) is 0 Å². The summed E-state index contributed by atoms with van der Waals surface area (Å²) in [6, 6.07) is 6.81. The molecule has 5 heteroatoms. The van der Waals surface area contributed by atoms with E-state index in [1.54, 1.807) is 45.5 Å². The smallest absolute Gasteiger partial charge is 0.129 e. The molecule has 0 bridgehead atoms. The third-order valence-electron chi connectivity index (χ3n) is 2.83. The van der Waals surface area contributed by atoms with Crippen LogP contribution in [0.5, 0.6) is 5.75 Å². The molecule has 1 aromatic carbocycles. The molecule has 1 aromatic rings. The predicted octanol–water partition coefficient (Wildman–Crippen LogP) is 0.564. The molecule has 1 unspecified atom stereocenters. The number of benzene rings is 1. The Morgan fingerprint density at radius 3 is 2.42 bits per heavy atom. The van der Waals surface area contributed by atoms with Crippen LogP contribution < -0.4 is 9.84 Å². The number of likely N-dealkylation sites (N-methyl/N-ethyl adjacent to an activating group) is 1. The van der Waals surface area contributed by atoms with Crippen molar-refractivity contribution in [1.82, 2.24) is 0 Å². The molecule has 0 saturated heterocycles. The number of hydrogen-bond acceptors (Lipinski definition) is 4. The van der Waals surface area contributed by atoms with E-state index >= 15 is 0 Å². The Kier molecular flexibility index (Phi) is 5.32. The molecule has 19 heavy (non-hydrogen) atoms. The molecule has 0 aromatic heterocycles. The molecule has 0 aliphatic carbocycles. The topological polar surface area (TPSA) is 64.9 Å². The minimum absolute atomic E-state index is 0.111. The molecular weight excluding hydrogens is 244 g/mol. The van der Waals surface area contributed by atoms with Crippen molar-refractivity contribution in [3.05, 3.63) is 29.8 Å². The van der Waals surface area contributed by atoms with Gasteiger partial charge in [0, 0.05) is 0 Å². The van der Waals surface area contributed by atoms with Gasteiger partial charge in [0.1, 0.15) is 18.4 Å². The van der Waals surface area contributed by atoms with Gasteiger partial charge >= 0.3 is 0 Å². The second kappa shape index (κ2) is 6.54. The minimum Gasteiger partial charge on any atom is -0.855 e. The highest BCUT2D eigenvalue weighted by Crippen LogP contribution is 2.12. The molecule has 106 valence electrons. The van der Waals surface area contributed by atoms with Crippen LogP contribution in [0, 0.1) is 0 Å². The SMILES string of the molecule is CCC(O)C[N+](C)(C)/N=C(\[O-])c1ccc(OC)cc1. The zero-order valence-electron chi connectivity index (χ0n) is 12.0. The lowest BCUT2D eigenvalue weighted by atomic mass is 10.2. The summed E-state index contributed by atoms with van der Waals surface area (Å²) in [4.78, 5) is 0. The maximum Gasteiger partial charge on any atom is 0.129 e. The van der Waals surface area contributed by atoms with Gasteiger partial charge in [0.05, 0.1) is 27.1 Å². The van der Waals surface area contributed by atoms with Crippen LogP contribution in [0.1, 0.15) is 18.9 Å². The van der Waals surface area contributed by atoms with Crippen LogP contribution in [-0.2, 0) is 0 Å². The Bertz CT molecular complexity index is 427. The molecular formula is C14H22N2O3. The van der Waals surface area contributed by atoms with Gasteiger partial charge in [-0.2, -0.15) is 0 Å². The largest absolute Gasteiger partial charge is 0.855 e. The van der Waals surface area contributed by atoms with Crippen molar-refractivity contribution >= 4 is 5.90 Å². The molecule has 0 aliphatic heterocycles. The van der Waals surface area contributed by atoms with Gasteiger partial charge in [-0.05, 0) is 24.1 Å². The molecule has 1 N–H and O–H groups in total. The highest BCUT2D eigenvalue weighted by Gasteiger charge is 2.19. The van der Waals surface area contributed by atoms with Gasteiger partial charge in [-0.1, -0.05) is 24.2 Å². The number of aliphatic hydroxyl groups is 1. The first-order valence-corrected chi connectivity index (χ1v) is 6.30. The first kappa shape index (κ1) is 15.5. The number of hydrogen-bond donors (Lipinski definition) is 1. The van der Waals surface area contributed by atoms with Crippen molar-refractivity contribution in [3.63, 3.8) is 0 Å². The monoisotopic (exact) mass is 266 g/mol. The van der Waals surface area contributed by atoms with E-state index in [0.717, 1.165) is 0 Å². The molecule has 1 rings (SSSR count). The number of rotatable bonds is 6. The molecule has 0 spiro atoms. The summed E-state index contributed by atoms with van der Waals surface area (Å²) in [6.45, 7) is 2.31. The molecule has 0 radical (unpaired) electrons. The van der Waals surface area contributed by atoms with Crippen molar-refractivity contribution in [2.24, 2.45) is 5.10 Å². The van der Waals surface area contributed by atoms with Gasteiger partial charge in [0.2, 0.25) is 0 Å². The maximum atomic E-state index is 12.0. The molecule has 0 saturated carbocycles. The lowest BCUT2D eigenvalue weighted by Crippen LogP contribution is -2.42. The van der Waals surface area contributed by atoms with E-state index in [0.29, 0.717) is 24.3 Å². The fraction of sp³-hybridized carbons (Fsp3) is 0.500. The lowest BCUT2D eigenvalue weighted by Gasteiger charge is -2.27. The van der Waals surface area contributed by atoms with Gasteiger partial charge in [0.15, 0.2) is 0 Å². The summed E-state index contributed by atoms with van der Waals surface area (Å²) < 4.78 is 5.15. The van der Waals surface area contributed by atoms with E-state index in [4.69, 9.17) is 4.74 Å². The number of aliphatic hydroxyl groups excluding tert-OH is 1. The van der Waals surface area contributed by atoms with Gasteiger partial charge in [-0.3, -0.25) is 0 Å². The first-order chi connectivity index (χ1) is 8.88. The van der Waals surface area contributed by atoms with Crippen molar-refractivity contribution < 1.29 is 19.5 Å². The van der Waals surface area contributed by atoms with Gasteiger partial charge in [0.25, 0.3) is 0 Å². The van der Waals surface area contributed by atoms with Gasteiger partial charge in [-0.25, -0.2) is 4.59 Å². The molecule has 0 amide bonds. The normalized spacial score (nSPS) is 14.3. The number of nitrogens with zero attached hydrogens (tertiary/aromatic N) is 2. The summed E-state index contributed by atoms with van der Waals surface area (Å²) in [5, 5.41) is 25.8. The van der Waals surface area contributed by atoms with Crippen molar-refractivity contribution in [2.45, 2.75) is 19.4 Å². The van der Waals surface area contributed by atoms with E-state index in [9.17, 15) is 10.2 Å². The Labute approximate surface area is 114 Å². The second-order valence-corrected chi connectivity index (χ2v) is 5.00.